The number of nitrogens with two attached hydrogens (primary N) is 1. The molecule has 0 atom stereocenters. The Morgan fingerprint density at radius 2 is 2.33 bits per heavy atom. The van der Waals surface area contributed by atoms with Crippen molar-refractivity contribution in [3.05, 3.63) is 35.3 Å². The number of pyridine rings is 1. The molecule has 0 aliphatic carbocycles. The predicted molar refractivity (Wildman–Crippen MR) is 61.4 cm³/mol. The molecule has 0 saturated heterocycles. The van der Waals surface area contributed by atoms with Gasteiger partial charge in [-0.3, -0.25) is 9.78 Å². The first-order valence-electron chi connectivity index (χ1n) is 5.56. The molecule has 0 saturated carbocycles. The van der Waals surface area contributed by atoms with Gasteiger partial charge < -0.3 is 10.6 Å². The number of nitrogen functional groups attached to an aromatic ring is 1. The van der Waals surface area contributed by atoms with Crippen LogP contribution in [0, 0.1) is 0 Å². The zero-order valence-corrected chi connectivity index (χ0v) is 9.54. The van der Waals surface area contributed by atoms with E-state index < -0.39 is 0 Å². The summed E-state index contributed by atoms with van der Waals surface area (Å²) in [7, 11) is 0. The van der Waals surface area contributed by atoms with Gasteiger partial charge in [-0.15, -0.1) is 0 Å². The fourth-order valence-corrected chi connectivity index (χ4v) is 2.03. The molecule has 1 aliphatic rings. The Kier molecular flexibility index (Phi) is 2.44. The van der Waals surface area contributed by atoms with Crippen LogP contribution in [0.15, 0.2) is 23.0 Å². The zero-order valence-electron chi connectivity index (χ0n) is 9.54. The van der Waals surface area contributed by atoms with E-state index >= 15 is 0 Å². The van der Waals surface area contributed by atoms with Gasteiger partial charge in [-0.2, -0.15) is 0 Å². The topological polar surface area (TPSA) is 98.1 Å². The molecule has 3 rings (SSSR count). The molecule has 2 aromatic rings. The molecule has 0 aromatic carbocycles. The van der Waals surface area contributed by atoms with E-state index in [-0.39, 0.29) is 17.4 Å². The highest BCUT2D eigenvalue weighted by atomic mass is 16.6. The Bertz CT molecular complexity index is 595. The minimum atomic E-state index is -0.261. The van der Waals surface area contributed by atoms with Crippen molar-refractivity contribution in [2.75, 3.05) is 12.3 Å². The molecule has 18 heavy (non-hydrogen) atoms. The fraction of sp³-hybridized carbons (Fsp3) is 0.273. The number of fused-ring (bicyclic) bond motifs is 1. The van der Waals surface area contributed by atoms with Gasteiger partial charge in [0.1, 0.15) is 0 Å². The number of rotatable bonds is 1. The van der Waals surface area contributed by atoms with Crippen LogP contribution in [-0.2, 0) is 13.0 Å². The molecule has 0 fully saturated rings. The Morgan fingerprint density at radius 3 is 3.11 bits per heavy atom. The lowest BCUT2D eigenvalue weighted by atomic mass is 10.1. The van der Waals surface area contributed by atoms with Crippen LogP contribution in [0.2, 0.25) is 0 Å². The molecule has 2 aromatic heterocycles. The fourth-order valence-electron chi connectivity index (χ4n) is 2.03. The number of carbonyl (C=O) groups excluding carboxylic acids is 1. The van der Waals surface area contributed by atoms with E-state index in [1.54, 1.807) is 11.1 Å². The van der Waals surface area contributed by atoms with Gasteiger partial charge in [0.25, 0.3) is 5.91 Å². The number of amides is 1. The van der Waals surface area contributed by atoms with Crippen LogP contribution in [0.3, 0.4) is 0 Å². The molecule has 92 valence electrons. The zero-order chi connectivity index (χ0) is 12.5. The Hall–Kier alpha value is -2.44. The van der Waals surface area contributed by atoms with Crippen LogP contribution in [0.5, 0.6) is 0 Å². The van der Waals surface area contributed by atoms with E-state index in [0.717, 1.165) is 17.7 Å². The summed E-state index contributed by atoms with van der Waals surface area (Å²) in [5.74, 6) is -0.236. The van der Waals surface area contributed by atoms with Crippen molar-refractivity contribution in [2.45, 2.75) is 13.0 Å². The summed E-state index contributed by atoms with van der Waals surface area (Å²) < 4.78 is 4.44. The first kappa shape index (κ1) is 10.7. The number of anilines is 1. The summed E-state index contributed by atoms with van der Waals surface area (Å²) in [6.45, 7) is 1.10. The van der Waals surface area contributed by atoms with Crippen molar-refractivity contribution in [3.8, 4) is 0 Å². The van der Waals surface area contributed by atoms with E-state index in [1.165, 1.54) is 0 Å². The first-order chi connectivity index (χ1) is 8.75. The quantitative estimate of drug-likeness (QED) is 0.773. The SMILES string of the molecule is Nc1nonc1C(=O)N1CCc2ncccc2C1. The third-order valence-electron chi connectivity index (χ3n) is 2.97. The van der Waals surface area contributed by atoms with Gasteiger partial charge in [-0.1, -0.05) is 6.07 Å². The van der Waals surface area contributed by atoms with Crippen LogP contribution >= 0.6 is 0 Å². The molecule has 0 unspecified atom stereocenters. The van der Waals surface area contributed by atoms with Gasteiger partial charge in [0, 0.05) is 31.4 Å². The lowest BCUT2D eigenvalue weighted by molar-refractivity contribution is 0.0723. The molecule has 0 bridgehead atoms. The van der Waals surface area contributed by atoms with Crippen molar-refractivity contribution in [1.82, 2.24) is 20.2 Å². The summed E-state index contributed by atoms with van der Waals surface area (Å²) in [4.78, 5) is 18.1. The standard InChI is InChI=1S/C11H11N5O2/c12-10-9(14-18-15-10)11(17)16-5-3-8-7(6-16)2-1-4-13-8/h1-2,4H,3,5-6H2,(H2,12,15). The van der Waals surface area contributed by atoms with Crippen LogP contribution in [0.4, 0.5) is 5.82 Å². The van der Waals surface area contributed by atoms with Gasteiger partial charge in [0.05, 0.1) is 0 Å². The smallest absolute Gasteiger partial charge is 0.280 e. The second kappa shape index (κ2) is 4.10. The molecule has 1 aliphatic heterocycles. The number of aromatic nitrogens is 3. The molecule has 1 amide bonds. The van der Waals surface area contributed by atoms with E-state index in [4.69, 9.17) is 5.73 Å². The van der Waals surface area contributed by atoms with Crippen LogP contribution in [0.1, 0.15) is 21.7 Å². The number of nitrogens with zero attached hydrogens (tertiary/aromatic N) is 4. The number of hydrogen-bond donors (Lipinski definition) is 1. The van der Waals surface area contributed by atoms with Crippen LogP contribution in [-0.4, -0.2) is 32.6 Å². The first-order valence-corrected chi connectivity index (χ1v) is 5.56. The maximum Gasteiger partial charge on any atom is 0.280 e. The van der Waals surface area contributed by atoms with Crippen molar-refractivity contribution >= 4 is 11.7 Å². The van der Waals surface area contributed by atoms with E-state index in [9.17, 15) is 4.79 Å². The molecule has 7 heteroatoms. The summed E-state index contributed by atoms with van der Waals surface area (Å²) in [6.07, 6.45) is 2.49. The molecule has 2 N–H and O–H groups in total. The molecule has 0 spiro atoms. The Labute approximate surface area is 103 Å². The second-order valence-electron chi connectivity index (χ2n) is 4.08. The summed E-state index contributed by atoms with van der Waals surface area (Å²) in [5.41, 5.74) is 7.67. The Balaban J connectivity index is 1.84. The maximum absolute atomic E-state index is 12.2. The number of carbonyl (C=O) groups is 1. The minimum absolute atomic E-state index is 0.0250. The largest absolute Gasteiger partial charge is 0.379 e. The molecular formula is C11H11N5O2. The van der Waals surface area contributed by atoms with Crippen LogP contribution < -0.4 is 5.73 Å². The normalized spacial score (nSPS) is 14.3. The molecule has 7 nitrogen and oxygen atoms in total. The lowest BCUT2D eigenvalue weighted by Gasteiger charge is -2.27. The maximum atomic E-state index is 12.2. The van der Waals surface area contributed by atoms with E-state index in [2.05, 4.69) is 19.9 Å². The van der Waals surface area contributed by atoms with Gasteiger partial charge in [0.15, 0.2) is 0 Å². The monoisotopic (exact) mass is 245 g/mol. The van der Waals surface area contributed by atoms with Gasteiger partial charge in [-0.25, -0.2) is 4.63 Å². The van der Waals surface area contributed by atoms with E-state index in [1.807, 2.05) is 12.1 Å². The van der Waals surface area contributed by atoms with Crippen molar-refractivity contribution in [2.24, 2.45) is 0 Å². The second-order valence-corrected chi connectivity index (χ2v) is 4.08. The highest BCUT2D eigenvalue weighted by Crippen LogP contribution is 2.19. The number of hydrogen-bond acceptors (Lipinski definition) is 6. The summed E-state index contributed by atoms with van der Waals surface area (Å²) >= 11 is 0. The summed E-state index contributed by atoms with van der Waals surface area (Å²) in [5, 5.41) is 6.94. The van der Waals surface area contributed by atoms with Crippen molar-refractivity contribution < 1.29 is 9.42 Å². The van der Waals surface area contributed by atoms with Crippen LogP contribution in [0.25, 0.3) is 0 Å². The van der Waals surface area contributed by atoms with Crippen molar-refractivity contribution in [3.63, 3.8) is 0 Å². The third-order valence-corrected chi connectivity index (χ3v) is 2.97. The van der Waals surface area contributed by atoms with Gasteiger partial charge >= 0.3 is 0 Å². The van der Waals surface area contributed by atoms with E-state index in [0.29, 0.717) is 13.1 Å². The minimum Gasteiger partial charge on any atom is -0.379 e. The van der Waals surface area contributed by atoms with Crippen molar-refractivity contribution in [1.29, 1.82) is 0 Å². The van der Waals surface area contributed by atoms with Gasteiger partial charge in [-0.05, 0) is 21.9 Å². The lowest BCUT2D eigenvalue weighted by Crippen LogP contribution is -2.36. The van der Waals surface area contributed by atoms with Gasteiger partial charge in [0.2, 0.25) is 11.5 Å². The highest BCUT2D eigenvalue weighted by molar-refractivity contribution is 5.96. The molecular weight excluding hydrogens is 234 g/mol. The molecule has 3 heterocycles. The Morgan fingerprint density at radius 1 is 1.44 bits per heavy atom. The average Bonchev–Trinajstić information content (AvgIpc) is 2.83. The molecule has 0 radical (unpaired) electrons. The predicted octanol–water partition coefficient (Wildman–Crippen LogP) is 0.245. The summed E-state index contributed by atoms with van der Waals surface area (Å²) in [6, 6.07) is 3.82. The third kappa shape index (κ3) is 1.69. The average molecular weight is 245 g/mol. The highest BCUT2D eigenvalue weighted by Gasteiger charge is 2.26.